The molecule has 0 radical (unpaired) electrons. The van der Waals surface area contributed by atoms with Gasteiger partial charge in [-0.15, -0.1) is 0 Å². The normalized spacial score (nSPS) is 10.7. The summed E-state index contributed by atoms with van der Waals surface area (Å²) in [4.78, 5) is 24.8. The summed E-state index contributed by atoms with van der Waals surface area (Å²) in [5.74, 6) is -0.196. The SMILES string of the molecule is COc1cc(Cl)c(C)cc1NC(=O)c1cc(=O)c2cc(C)ccc2o1. The van der Waals surface area contributed by atoms with E-state index in [1.54, 1.807) is 24.3 Å². The number of amides is 1. The highest BCUT2D eigenvalue weighted by atomic mass is 35.5. The second-order valence-electron chi connectivity index (χ2n) is 5.73. The molecule has 25 heavy (non-hydrogen) atoms. The first-order valence-corrected chi connectivity index (χ1v) is 7.97. The number of anilines is 1. The van der Waals surface area contributed by atoms with Crippen molar-refractivity contribution in [2.75, 3.05) is 12.4 Å². The van der Waals surface area contributed by atoms with Gasteiger partial charge in [0.1, 0.15) is 11.3 Å². The van der Waals surface area contributed by atoms with E-state index in [4.69, 9.17) is 20.8 Å². The Kier molecular flexibility index (Phi) is 4.51. The van der Waals surface area contributed by atoms with Gasteiger partial charge in [0.25, 0.3) is 5.91 Å². The van der Waals surface area contributed by atoms with Gasteiger partial charge in [-0.2, -0.15) is 0 Å². The Hall–Kier alpha value is -2.79. The molecule has 0 unspecified atom stereocenters. The first kappa shape index (κ1) is 17.0. The van der Waals surface area contributed by atoms with Gasteiger partial charge < -0.3 is 14.5 Å². The van der Waals surface area contributed by atoms with E-state index in [0.29, 0.717) is 27.4 Å². The molecule has 0 saturated carbocycles. The first-order valence-electron chi connectivity index (χ1n) is 7.59. The van der Waals surface area contributed by atoms with Crippen LogP contribution in [0.25, 0.3) is 11.0 Å². The maximum atomic E-state index is 12.5. The van der Waals surface area contributed by atoms with E-state index in [9.17, 15) is 9.59 Å². The Morgan fingerprint density at radius 3 is 2.64 bits per heavy atom. The summed E-state index contributed by atoms with van der Waals surface area (Å²) in [5.41, 5.74) is 2.27. The lowest BCUT2D eigenvalue weighted by Gasteiger charge is -2.12. The molecule has 6 heteroatoms. The molecule has 0 aliphatic heterocycles. The van der Waals surface area contributed by atoms with Crippen molar-refractivity contribution >= 4 is 34.2 Å². The molecule has 1 aromatic heterocycles. The number of aryl methyl sites for hydroxylation is 2. The number of carbonyl (C=O) groups is 1. The standard InChI is InChI=1S/C19H16ClNO4/c1-10-4-5-16-12(6-10)15(22)9-18(25-16)19(23)21-14-7-11(2)13(20)8-17(14)24-3/h4-9H,1-3H3,(H,21,23). The molecule has 2 aromatic carbocycles. The predicted octanol–water partition coefficient (Wildman–Crippen LogP) is 4.32. The number of rotatable bonds is 3. The number of benzene rings is 2. The molecule has 0 bridgehead atoms. The van der Waals surface area contributed by atoms with Crippen molar-refractivity contribution in [2.24, 2.45) is 0 Å². The number of ether oxygens (including phenoxy) is 1. The predicted molar refractivity (Wildman–Crippen MR) is 97.9 cm³/mol. The zero-order valence-electron chi connectivity index (χ0n) is 14.0. The van der Waals surface area contributed by atoms with E-state index in [0.717, 1.165) is 11.1 Å². The molecule has 0 saturated heterocycles. The molecular weight excluding hydrogens is 342 g/mol. The molecule has 128 valence electrons. The fraction of sp³-hybridized carbons (Fsp3) is 0.158. The number of methoxy groups -OCH3 is 1. The van der Waals surface area contributed by atoms with Crippen LogP contribution < -0.4 is 15.5 Å². The lowest BCUT2D eigenvalue weighted by atomic mass is 10.1. The van der Waals surface area contributed by atoms with E-state index in [2.05, 4.69) is 5.32 Å². The Morgan fingerprint density at radius 1 is 1.16 bits per heavy atom. The average molecular weight is 358 g/mol. The van der Waals surface area contributed by atoms with Gasteiger partial charge in [-0.25, -0.2) is 0 Å². The number of fused-ring (bicyclic) bond motifs is 1. The maximum absolute atomic E-state index is 12.5. The minimum Gasteiger partial charge on any atom is -0.495 e. The molecule has 0 atom stereocenters. The van der Waals surface area contributed by atoms with Gasteiger partial charge in [-0.05, 0) is 37.6 Å². The van der Waals surface area contributed by atoms with Crippen molar-refractivity contribution in [3.63, 3.8) is 0 Å². The third kappa shape index (κ3) is 3.37. The topological polar surface area (TPSA) is 68.5 Å². The molecule has 5 nitrogen and oxygen atoms in total. The second kappa shape index (κ2) is 6.61. The van der Waals surface area contributed by atoms with Crippen molar-refractivity contribution in [1.82, 2.24) is 0 Å². The molecule has 3 aromatic rings. The highest BCUT2D eigenvalue weighted by molar-refractivity contribution is 6.31. The minimum atomic E-state index is -0.542. The van der Waals surface area contributed by atoms with Crippen LogP contribution in [0.2, 0.25) is 5.02 Å². The van der Waals surface area contributed by atoms with Crippen LogP contribution in [0.3, 0.4) is 0 Å². The Balaban J connectivity index is 2.00. The van der Waals surface area contributed by atoms with Crippen LogP contribution in [-0.2, 0) is 0 Å². The van der Waals surface area contributed by atoms with Crippen molar-refractivity contribution in [2.45, 2.75) is 13.8 Å². The molecule has 0 fully saturated rings. The van der Waals surface area contributed by atoms with Gasteiger partial charge in [-0.3, -0.25) is 9.59 Å². The second-order valence-corrected chi connectivity index (χ2v) is 6.14. The van der Waals surface area contributed by atoms with Gasteiger partial charge in [-0.1, -0.05) is 23.2 Å². The van der Waals surface area contributed by atoms with Gasteiger partial charge in [0.15, 0.2) is 11.2 Å². The minimum absolute atomic E-state index is 0.0731. The maximum Gasteiger partial charge on any atom is 0.291 e. The van der Waals surface area contributed by atoms with Gasteiger partial charge in [0.05, 0.1) is 18.2 Å². The number of nitrogens with one attached hydrogen (secondary N) is 1. The quantitative estimate of drug-likeness (QED) is 0.757. The van der Waals surface area contributed by atoms with E-state index in [-0.39, 0.29) is 11.2 Å². The molecular formula is C19H16ClNO4. The fourth-order valence-corrected chi connectivity index (χ4v) is 2.65. The average Bonchev–Trinajstić information content (AvgIpc) is 2.58. The molecule has 1 N–H and O–H groups in total. The van der Waals surface area contributed by atoms with Crippen molar-refractivity contribution < 1.29 is 13.9 Å². The molecule has 1 amide bonds. The summed E-state index contributed by atoms with van der Waals surface area (Å²) in [6, 6.07) is 9.72. The zero-order chi connectivity index (χ0) is 18.1. The fourth-order valence-electron chi connectivity index (χ4n) is 2.50. The molecule has 0 spiro atoms. The highest BCUT2D eigenvalue weighted by Crippen LogP contribution is 2.31. The van der Waals surface area contributed by atoms with Gasteiger partial charge >= 0.3 is 0 Å². The van der Waals surface area contributed by atoms with Crippen molar-refractivity contribution in [3.8, 4) is 5.75 Å². The largest absolute Gasteiger partial charge is 0.495 e. The lowest BCUT2D eigenvalue weighted by Crippen LogP contribution is -2.15. The molecule has 0 aliphatic rings. The smallest absolute Gasteiger partial charge is 0.291 e. The van der Waals surface area contributed by atoms with Crippen LogP contribution in [0.4, 0.5) is 5.69 Å². The summed E-state index contributed by atoms with van der Waals surface area (Å²) in [6.07, 6.45) is 0. The summed E-state index contributed by atoms with van der Waals surface area (Å²) in [7, 11) is 1.48. The molecule has 3 rings (SSSR count). The monoisotopic (exact) mass is 357 g/mol. The van der Waals surface area contributed by atoms with E-state index in [1.165, 1.54) is 13.2 Å². The van der Waals surface area contributed by atoms with Crippen LogP contribution in [-0.4, -0.2) is 13.0 Å². The summed E-state index contributed by atoms with van der Waals surface area (Å²) in [5, 5.41) is 3.67. The van der Waals surface area contributed by atoms with E-state index >= 15 is 0 Å². The zero-order valence-corrected chi connectivity index (χ0v) is 14.7. The van der Waals surface area contributed by atoms with Crippen molar-refractivity contribution in [3.05, 3.63) is 68.5 Å². The lowest BCUT2D eigenvalue weighted by molar-refractivity contribution is 0.0997. The van der Waals surface area contributed by atoms with Gasteiger partial charge in [0, 0.05) is 17.2 Å². The molecule has 0 aliphatic carbocycles. The van der Waals surface area contributed by atoms with Crippen molar-refractivity contribution in [1.29, 1.82) is 0 Å². The Morgan fingerprint density at radius 2 is 1.92 bits per heavy atom. The van der Waals surface area contributed by atoms with Crippen LogP contribution in [0.15, 0.2) is 45.6 Å². The third-order valence-corrected chi connectivity index (χ3v) is 4.24. The molecule has 1 heterocycles. The number of hydrogen-bond acceptors (Lipinski definition) is 4. The Labute approximate surface area is 149 Å². The number of hydrogen-bond donors (Lipinski definition) is 1. The third-order valence-electron chi connectivity index (χ3n) is 3.84. The summed E-state index contributed by atoms with van der Waals surface area (Å²) in [6.45, 7) is 3.70. The summed E-state index contributed by atoms with van der Waals surface area (Å²) < 4.78 is 10.8. The van der Waals surface area contributed by atoms with Gasteiger partial charge in [0.2, 0.25) is 0 Å². The van der Waals surface area contributed by atoms with E-state index in [1.807, 2.05) is 19.9 Å². The highest BCUT2D eigenvalue weighted by Gasteiger charge is 2.16. The van der Waals surface area contributed by atoms with Crippen LogP contribution in [0, 0.1) is 13.8 Å². The van der Waals surface area contributed by atoms with Crippen LogP contribution >= 0.6 is 11.6 Å². The number of halogens is 1. The van der Waals surface area contributed by atoms with Crippen LogP contribution in [0.5, 0.6) is 5.75 Å². The number of carbonyl (C=O) groups excluding carboxylic acids is 1. The van der Waals surface area contributed by atoms with E-state index < -0.39 is 5.91 Å². The van der Waals surface area contributed by atoms with Crippen LogP contribution in [0.1, 0.15) is 21.7 Å². The Bertz CT molecular complexity index is 1040. The first-order chi connectivity index (χ1) is 11.9. The summed E-state index contributed by atoms with van der Waals surface area (Å²) >= 11 is 6.06.